The lowest BCUT2D eigenvalue weighted by atomic mass is 10.2. The van der Waals surface area contributed by atoms with Gasteiger partial charge in [0, 0.05) is 13.2 Å². The summed E-state index contributed by atoms with van der Waals surface area (Å²) >= 11 is 5.82. The number of benzene rings is 1. The summed E-state index contributed by atoms with van der Waals surface area (Å²) in [6.07, 6.45) is 1.52. The van der Waals surface area contributed by atoms with E-state index in [4.69, 9.17) is 16.3 Å². The highest BCUT2D eigenvalue weighted by molar-refractivity contribution is 7.89. The molecule has 1 aliphatic rings. The Balaban J connectivity index is 2.19. The summed E-state index contributed by atoms with van der Waals surface area (Å²) in [5, 5.41) is 10.7. The lowest BCUT2D eigenvalue weighted by Gasteiger charge is -2.13. The Morgan fingerprint density at radius 1 is 1.50 bits per heavy atom. The summed E-state index contributed by atoms with van der Waals surface area (Å²) in [6, 6.07) is 3.39. The minimum Gasteiger partial charge on any atom is -0.545 e. The molecule has 6 nitrogen and oxygen atoms in total. The zero-order chi connectivity index (χ0) is 14.8. The van der Waals surface area contributed by atoms with Crippen LogP contribution in [0.2, 0.25) is 5.02 Å². The quantitative estimate of drug-likeness (QED) is 0.834. The smallest absolute Gasteiger partial charge is 0.242 e. The Bertz CT molecular complexity index is 610. The molecule has 0 aliphatic carbocycles. The first kappa shape index (κ1) is 15.2. The van der Waals surface area contributed by atoms with Crippen LogP contribution >= 0.6 is 11.6 Å². The van der Waals surface area contributed by atoms with Crippen molar-refractivity contribution in [2.45, 2.75) is 23.8 Å². The van der Waals surface area contributed by atoms with Crippen molar-refractivity contribution < 1.29 is 23.1 Å². The number of halogens is 1. The van der Waals surface area contributed by atoms with Crippen LogP contribution in [0.4, 0.5) is 0 Å². The zero-order valence-corrected chi connectivity index (χ0v) is 12.0. The Morgan fingerprint density at radius 2 is 2.25 bits per heavy atom. The number of carbonyl (C=O) groups is 1. The molecule has 1 heterocycles. The summed E-state index contributed by atoms with van der Waals surface area (Å²) in [7, 11) is -3.89. The topological polar surface area (TPSA) is 95.5 Å². The SMILES string of the molecule is O=C([O-])c1ccc(Cl)c(S(=O)(=O)NC[C@@H]2CCCO2)c1. The molecule has 110 valence electrons. The molecule has 0 aromatic heterocycles. The van der Waals surface area contributed by atoms with Gasteiger partial charge in [-0.2, -0.15) is 0 Å². The Hall–Kier alpha value is -1.15. The van der Waals surface area contributed by atoms with Gasteiger partial charge in [-0.25, -0.2) is 13.1 Å². The second kappa shape index (κ2) is 6.09. The molecule has 1 fully saturated rings. The highest BCUT2D eigenvalue weighted by Crippen LogP contribution is 2.22. The molecular weight excluding hydrogens is 306 g/mol. The minimum absolute atomic E-state index is 0.0464. The van der Waals surface area contributed by atoms with Crippen LogP contribution in [0.5, 0.6) is 0 Å². The van der Waals surface area contributed by atoms with Gasteiger partial charge in [0.25, 0.3) is 0 Å². The van der Waals surface area contributed by atoms with E-state index in [1.807, 2.05) is 0 Å². The molecule has 1 N–H and O–H groups in total. The Morgan fingerprint density at radius 3 is 2.85 bits per heavy atom. The van der Waals surface area contributed by atoms with Crippen molar-refractivity contribution in [1.82, 2.24) is 4.72 Å². The van der Waals surface area contributed by atoms with E-state index >= 15 is 0 Å². The van der Waals surface area contributed by atoms with Gasteiger partial charge < -0.3 is 14.6 Å². The average Bonchev–Trinajstić information content (AvgIpc) is 2.89. The van der Waals surface area contributed by atoms with E-state index in [1.54, 1.807) is 0 Å². The molecule has 1 saturated heterocycles. The third-order valence-corrected chi connectivity index (χ3v) is 4.89. The van der Waals surface area contributed by atoms with Gasteiger partial charge in [0.1, 0.15) is 4.90 Å². The third kappa shape index (κ3) is 3.49. The number of carboxylic acids is 1. The third-order valence-electron chi connectivity index (χ3n) is 2.98. The summed E-state index contributed by atoms with van der Waals surface area (Å²) < 4.78 is 31.9. The van der Waals surface area contributed by atoms with Gasteiger partial charge in [-0.3, -0.25) is 0 Å². The summed E-state index contributed by atoms with van der Waals surface area (Å²) in [5.41, 5.74) is -0.244. The number of nitrogens with one attached hydrogen (secondary N) is 1. The second-order valence-corrected chi connectivity index (χ2v) is 6.56. The Kier molecular flexibility index (Phi) is 4.64. The van der Waals surface area contributed by atoms with Gasteiger partial charge in [-0.15, -0.1) is 0 Å². The van der Waals surface area contributed by atoms with Crippen molar-refractivity contribution >= 4 is 27.6 Å². The molecule has 0 bridgehead atoms. The number of rotatable bonds is 5. The highest BCUT2D eigenvalue weighted by atomic mass is 35.5. The lowest BCUT2D eigenvalue weighted by Crippen LogP contribution is -2.32. The molecule has 0 unspecified atom stereocenters. The number of ether oxygens (including phenoxy) is 1. The maximum Gasteiger partial charge on any atom is 0.242 e. The second-order valence-electron chi connectivity index (χ2n) is 4.42. The van der Waals surface area contributed by atoms with Gasteiger partial charge in [-0.05, 0) is 30.5 Å². The lowest BCUT2D eigenvalue weighted by molar-refractivity contribution is -0.255. The number of aromatic carboxylic acids is 1. The van der Waals surface area contributed by atoms with E-state index < -0.39 is 16.0 Å². The van der Waals surface area contributed by atoms with Crippen molar-refractivity contribution in [1.29, 1.82) is 0 Å². The predicted octanol–water partition coefficient (Wildman–Crippen LogP) is 0.161. The number of carbonyl (C=O) groups excluding carboxylic acids is 1. The van der Waals surface area contributed by atoms with Gasteiger partial charge in [0.05, 0.1) is 17.1 Å². The maximum absolute atomic E-state index is 12.1. The van der Waals surface area contributed by atoms with Crippen LogP contribution in [0.25, 0.3) is 0 Å². The molecule has 20 heavy (non-hydrogen) atoms. The fraction of sp³-hybridized carbons (Fsp3) is 0.417. The van der Waals surface area contributed by atoms with Crippen LogP contribution in [-0.4, -0.2) is 33.6 Å². The molecule has 0 saturated carbocycles. The predicted molar refractivity (Wildman–Crippen MR) is 69.9 cm³/mol. The molecule has 1 aromatic carbocycles. The van der Waals surface area contributed by atoms with Crippen LogP contribution < -0.4 is 9.83 Å². The summed E-state index contributed by atoms with van der Waals surface area (Å²) in [4.78, 5) is 10.5. The minimum atomic E-state index is -3.89. The fourth-order valence-corrected chi connectivity index (χ4v) is 3.51. The molecule has 0 radical (unpaired) electrons. The van der Waals surface area contributed by atoms with Gasteiger partial charge >= 0.3 is 0 Å². The van der Waals surface area contributed by atoms with E-state index in [0.717, 1.165) is 18.9 Å². The molecule has 0 spiro atoms. The zero-order valence-electron chi connectivity index (χ0n) is 10.5. The van der Waals surface area contributed by atoms with E-state index in [0.29, 0.717) is 6.61 Å². The van der Waals surface area contributed by atoms with Gasteiger partial charge in [0.15, 0.2) is 0 Å². The van der Waals surface area contributed by atoms with Crippen molar-refractivity contribution in [2.24, 2.45) is 0 Å². The van der Waals surface area contributed by atoms with E-state index in [2.05, 4.69) is 4.72 Å². The first-order valence-corrected chi connectivity index (χ1v) is 7.88. The number of sulfonamides is 1. The first-order valence-electron chi connectivity index (χ1n) is 6.02. The monoisotopic (exact) mass is 318 g/mol. The van der Waals surface area contributed by atoms with Crippen LogP contribution in [0, 0.1) is 0 Å². The van der Waals surface area contributed by atoms with Crippen LogP contribution in [0.3, 0.4) is 0 Å². The number of carboxylic acid groups (broad SMARTS) is 1. The fourth-order valence-electron chi connectivity index (χ4n) is 1.92. The molecule has 8 heteroatoms. The summed E-state index contributed by atoms with van der Waals surface area (Å²) in [5.74, 6) is -1.46. The van der Waals surface area contributed by atoms with Crippen molar-refractivity contribution in [3.63, 3.8) is 0 Å². The van der Waals surface area contributed by atoms with Crippen molar-refractivity contribution in [3.05, 3.63) is 28.8 Å². The number of hydrogen-bond donors (Lipinski definition) is 1. The van der Waals surface area contributed by atoms with Crippen LogP contribution in [0.1, 0.15) is 23.2 Å². The highest BCUT2D eigenvalue weighted by Gasteiger charge is 2.22. The maximum atomic E-state index is 12.1. The van der Waals surface area contributed by atoms with Crippen molar-refractivity contribution in [3.8, 4) is 0 Å². The normalized spacial score (nSPS) is 19.1. The molecule has 2 rings (SSSR count). The standard InChI is InChI=1S/C12H14ClNO5S/c13-10-4-3-8(12(15)16)6-11(10)20(17,18)14-7-9-2-1-5-19-9/h3-4,6,9,14H,1-2,5,7H2,(H,15,16)/p-1/t9-/m0/s1. The summed E-state index contributed by atoms with van der Waals surface area (Å²) in [6.45, 7) is 0.752. The van der Waals surface area contributed by atoms with Crippen LogP contribution in [-0.2, 0) is 14.8 Å². The molecule has 1 aliphatic heterocycles. The first-order chi connectivity index (χ1) is 9.40. The molecular formula is C12H13ClNO5S-. The number of hydrogen-bond acceptors (Lipinski definition) is 5. The molecule has 1 aromatic rings. The molecule has 0 amide bonds. The average molecular weight is 319 g/mol. The molecule has 1 atom stereocenters. The van der Waals surface area contributed by atoms with Gasteiger partial charge in [0.2, 0.25) is 10.0 Å². The van der Waals surface area contributed by atoms with E-state index in [9.17, 15) is 18.3 Å². The van der Waals surface area contributed by atoms with E-state index in [-0.39, 0.29) is 28.1 Å². The largest absolute Gasteiger partial charge is 0.545 e. The van der Waals surface area contributed by atoms with Gasteiger partial charge in [-0.1, -0.05) is 17.7 Å². The van der Waals surface area contributed by atoms with Crippen molar-refractivity contribution in [2.75, 3.05) is 13.2 Å². The van der Waals surface area contributed by atoms with Crippen LogP contribution in [0.15, 0.2) is 23.1 Å². The Labute approximate surface area is 121 Å². The van der Waals surface area contributed by atoms with E-state index in [1.165, 1.54) is 12.1 Å².